The van der Waals surface area contributed by atoms with Gasteiger partial charge in [-0.2, -0.15) is 0 Å². The van der Waals surface area contributed by atoms with E-state index in [-0.39, 0.29) is 24.2 Å². The first-order chi connectivity index (χ1) is 10.5. The van der Waals surface area contributed by atoms with Gasteiger partial charge in [0.1, 0.15) is 0 Å². The van der Waals surface area contributed by atoms with Crippen LogP contribution >= 0.6 is 0 Å². The maximum absolute atomic E-state index is 12.2. The van der Waals surface area contributed by atoms with Gasteiger partial charge in [-0.1, -0.05) is 17.7 Å². The minimum absolute atomic E-state index is 0.0176. The third-order valence-corrected chi connectivity index (χ3v) is 3.96. The molecule has 5 heteroatoms. The summed E-state index contributed by atoms with van der Waals surface area (Å²) in [6.45, 7) is 5.69. The molecule has 2 rings (SSSR count). The highest BCUT2D eigenvalue weighted by Gasteiger charge is 2.35. The molecule has 0 aromatic heterocycles. The molecule has 1 saturated heterocycles. The van der Waals surface area contributed by atoms with Gasteiger partial charge in [-0.15, -0.1) is 0 Å². The quantitative estimate of drug-likeness (QED) is 0.815. The third-order valence-electron chi connectivity index (χ3n) is 3.96. The zero-order valence-corrected chi connectivity index (χ0v) is 13.5. The lowest BCUT2D eigenvalue weighted by atomic mass is 10.1. The average Bonchev–Trinajstić information content (AvgIpc) is 2.85. The Morgan fingerprint density at radius 3 is 2.86 bits per heavy atom. The number of nitrogens with zero attached hydrogens (tertiary/aromatic N) is 1. The third kappa shape index (κ3) is 3.85. The topological polar surface area (TPSA) is 58.6 Å². The number of hydrogen-bond acceptors (Lipinski definition) is 3. The van der Waals surface area contributed by atoms with Crippen molar-refractivity contribution in [3.8, 4) is 0 Å². The van der Waals surface area contributed by atoms with Crippen LogP contribution in [0.15, 0.2) is 18.2 Å². The number of anilines is 1. The lowest BCUT2D eigenvalue weighted by Crippen LogP contribution is -2.34. The zero-order chi connectivity index (χ0) is 16.1. The summed E-state index contributed by atoms with van der Waals surface area (Å²) in [4.78, 5) is 26.1. The van der Waals surface area contributed by atoms with E-state index in [0.717, 1.165) is 17.7 Å². The van der Waals surface area contributed by atoms with Crippen LogP contribution in [0.2, 0.25) is 0 Å². The SMILES string of the molecule is COCCCNC(=O)C1CC(=O)N(c2ccc(C)cc2C)C1. The lowest BCUT2D eigenvalue weighted by molar-refractivity contribution is -0.126. The lowest BCUT2D eigenvalue weighted by Gasteiger charge is -2.19. The van der Waals surface area contributed by atoms with Crippen molar-refractivity contribution in [3.63, 3.8) is 0 Å². The van der Waals surface area contributed by atoms with Crippen LogP contribution in [-0.2, 0) is 14.3 Å². The summed E-state index contributed by atoms with van der Waals surface area (Å²) in [6, 6.07) is 6.01. The molecule has 0 radical (unpaired) electrons. The van der Waals surface area contributed by atoms with Crippen LogP contribution in [0.1, 0.15) is 24.0 Å². The largest absolute Gasteiger partial charge is 0.385 e. The van der Waals surface area contributed by atoms with Crippen molar-refractivity contribution in [3.05, 3.63) is 29.3 Å². The fraction of sp³-hybridized carbons (Fsp3) is 0.529. The number of benzene rings is 1. The summed E-state index contributed by atoms with van der Waals surface area (Å²) in [7, 11) is 1.64. The smallest absolute Gasteiger partial charge is 0.227 e. The van der Waals surface area contributed by atoms with Crippen LogP contribution in [0, 0.1) is 19.8 Å². The summed E-state index contributed by atoms with van der Waals surface area (Å²) in [5, 5.41) is 2.88. The van der Waals surface area contributed by atoms with E-state index in [1.54, 1.807) is 12.0 Å². The van der Waals surface area contributed by atoms with Crippen molar-refractivity contribution in [1.29, 1.82) is 0 Å². The molecular weight excluding hydrogens is 280 g/mol. The van der Waals surface area contributed by atoms with E-state index in [1.165, 1.54) is 5.56 Å². The van der Waals surface area contributed by atoms with E-state index >= 15 is 0 Å². The molecule has 0 saturated carbocycles. The molecule has 1 aromatic rings. The molecule has 5 nitrogen and oxygen atoms in total. The second-order valence-electron chi connectivity index (χ2n) is 5.83. The summed E-state index contributed by atoms with van der Waals surface area (Å²) in [5.74, 6) is -0.295. The number of carbonyl (C=O) groups excluding carboxylic acids is 2. The summed E-state index contributed by atoms with van der Waals surface area (Å²) < 4.78 is 4.95. The van der Waals surface area contributed by atoms with Crippen molar-refractivity contribution in [2.75, 3.05) is 31.7 Å². The number of methoxy groups -OCH3 is 1. The van der Waals surface area contributed by atoms with Crippen molar-refractivity contribution in [2.45, 2.75) is 26.7 Å². The predicted molar refractivity (Wildman–Crippen MR) is 85.9 cm³/mol. The number of hydrogen-bond donors (Lipinski definition) is 1. The summed E-state index contributed by atoms with van der Waals surface area (Å²) in [6.07, 6.45) is 1.06. The minimum atomic E-state index is -0.268. The number of rotatable bonds is 6. The molecule has 1 unspecified atom stereocenters. The van der Waals surface area contributed by atoms with E-state index in [4.69, 9.17) is 4.74 Å². The molecule has 0 spiro atoms. The highest BCUT2D eigenvalue weighted by Crippen LogP contribution is 2.28. The molecule has 1 fully saturated rings. The Kier molecular flexibility index (Phi) is 5.55. The Labute approximate surface area is 131 Å². The Balaban J connectivity index is 1.97. The van der Waals surface area contributed by atoms with Gasteiger partial charge in [0.2, 0.25) is 11.8 Å². The van der Waals surface area contributed by atoms with Gasteiger partial charge < -0.3 is 15.0 Å². The summed E-state index contributed by atoms with van der Waals surface area (Å²) >= 11 is 0. The first-order valence-electron chi connectivity index (χ1n) is 7.67. The normalized spacial score (nSPS) is 17.9. The molecular formula is C17H24N2O3. The number of ether oxygens (including phenoxy) is 1. The highest BCUT2D eigenvalue weighted by atomic mass is 16.5. The Morgan fingerprint density at radius 2 is 2.18 bits per heavy atom. The predicted octanol–water partition coefficient (Wildman–Crippen LogP) is 1.81. The molecule has 0 bridgehead atoms. The molecule has 120 valence electrons. The van der Waals surface area contributed by atoms with Gasteiger partial charge in [-0.05, 0) is 31.9 Å². The minimum Gasteiger partial charge on any atom is -0.385 e. The van der Waals surface area contributed by atoms with Crippen LogP contribution in [0.25, 0.3) is 0 Å². The maximum Gasteiger partial charge on any atom is 0.227 e. The van der Waals surface area contributed by atoms with E-state index in [0.29, 0.717) is 19.7 Å². The van der Waals surface area contributed by atoms with Crippen LogP contribution in [-0.4, -0.2) is 38.6 Å². The van der Waals surface area contributed by atoms with Gasteiger partial charge in [-0.3, -0.25) is 9.59 Å². The molecule has 0 aliphatic carbocycles. The second kappa shape index (κ2) is 7.40. The first-order valence-corrected chi connectivity index (χ1v) is 7.67. The molecule has 1 aliphatic heterocycles. The number of nitrogens with one attached hydrogen (secondary N) is 1. The number of aryl methyl sites for hydroxylation is 2. The fourth-order valence-electron chi connectivity index (χ4n) is 2.80. The van der Waals surface area contributed by atoms with Crippen molar-refractivity contribution >= 4 is 17.5 Å². The van der Waals surface area contributed by atoms with Gasteiger partial charge in [0.15, 0.2) is 0 Å². The molecule has 2 amide bonds. The maximum atomic E-state index is 12.2. The monoisotopic (exact) mass is 304 g/mol. The first kappa shape index (κ1) is 16.5. The van der Waals surface area contributed by atoms with Crippen LogP contribution in [0.4, 0.5) is 5.69 Å². The van der Waals surface area contributed by atoms with Crippen LogP contribution in [0.3, 0.4) is 0 Å². The second-order valence-corrected chi connectivity index (χ2v) is 5.83. The van der Waals surface area contributed by atoms with Gasteiger partial charge in [0.05, 0.1) is 5.92 Å². The molecule has 1 heterocycles. The fourth-order valence-corrected chi connectivity index (χ4v) is 2.80. The Bertz CT molecular complexity index is 557. The van der Waals surface area contributed by atoms with Gasteiger partial charge in [0.25, 0.3) is 0 Å². The summed E-state index contributed by atoms with van der Waals surface area (Å²) in [5.41, 5.74) is 3.14. The Morgan fingerprint density at radius 1 is 1.41 bits per heavy atom. The van der Waals surface area contributed by atoms with Gasteiger partial charge in [-0.25, -0.2) is 0 Å². The van der Waals surface area contributed by atoms with Crippen molar-refractivity contribution < 1.29 is 14.3 Å². The molecule has 1 atom stereocenters. The zero-order valence-electron chi connectivity index (χ0n) is 13.5. The van der Waals surface area contributed by atoms with E-state index in [9.17, 15) is 9.59 Å². The van der Waals surface area contributed by atoms with Crippen LogP contribution < -0.4 is 10.2 Å². The number of amides is 2. The standard InChI is InChI=1S/C17H24N2O3/c1-12-5-6-15(13(2)9-12)19-11-14(10-16(19)20)17(21)18-7-4-8-22-3/h5-6,9,14H,4,7-8,10-11H2,1-3H3,(H,18,21). The van der Waals surface area contributed by atoms with Crippen molar-refractivity contribution in [1.82, 2.24) is 5.32 Å². The van der Waals surface area contributed by atoms with E-state index < -0.39 is 0 Å². The average molecular weight is 304 g/mol. The Hall–Kier alpha value is -1.88. The van der Waals surface area contributed by atoms with Gasteiger partial charge >= 0.3 is 0 Å². The highest BCUT2D eigenvalue weighted by molar-refractivity contribution is 6.00. The van der Waals surface area contributed by atoms with E-state index in [1.807, 2.05) is 26.0 Å². The molecule has 1 N–H and O–H groups in total. The molecule has 1 aromatic carbocycles. The molecule has 22 heavy (non-hydrogen) atoms. The molecule has 1 aliphatic rings. The van der Waals surface area contributed by atoms with E-state index in [2.05, 4.69) is 11.4 Å². The van der Waals surface area contributed by atoms with Gasteiger partial charge in [0, 0.05) is 38.9 Å². The number of carbonyl (C=O) groups is 2. The van der Waals surface area contributed by atoms with Crippen molar-refractivity contribution in [2.24, 2.45) is 5.92 Å². The van der Waals surface area contributed by atoms with Crippen LogP contribution in [0.5, 0.6) is 0 Å².